The molecule has 0 aliphatic heterocycles. The van der Waals surface area contributed by atoms with Gasteiger partial charge in [-0.15, -0.1) is 0 Å². The molecule has 0 radical (unpaired) electrons. The van der Waals surface area contributed by atoms with Crippen molar-refractivity contribution in [1.29, 1.82) is 0 Å². The summed E-state index contributed by atoms with van der Waals surface area (Å²) in [4.78, 5) is 37.6. The van der Waals surface area contributed by atoms with E-state index in [-0.39, 0.29) is 32.2 Å². The Morgan fingerprint density at radius 1 is 0.373 bits per heavy atom. The second-order valence-electron chi connectivity index (χ2n) is 24.8. The van der Waals surface area contributed by atoms with E-state index in [4.69, 9.17) is 18.9 Å². The monoisotopic (exact) mass is 1170 g/mol. The van der Waals surface area contributed by atoms with Crippen molar-refractivity contribution in [3.8, 4) is 0 Å². The molecule has 2 unspecified atom stereocenters. The van der Waals surface area contributed by atoms with Gasteiger partial charge in [0.05, 0.1) is 34.4 Å². The zero-order chi connectivity index (χ0) is 60.5. The summed E-state index contributed by atoms with van der Waals surface area (Å²) in [6.45, 7) is 4.80. The number of aliphatic carboxylic acids is 1. The number of carbonyl (C=O) groups is 3. The molecule has 0 fully saturated rings. The Morgan fingerprint density at radius 2 is 0.687 bits per heavy atom. The summed E-state index contributed by atoms with van der Waals surface area (Å²) in [5, 5.41) is 9.75. The van der Waals surface area contributed by atoms with Crippen LogP contribution >= 0.6 is 0 Å². The lowest BCUT2D eigenvalue weighted by atomic mass is 10.0. The van der Waals surface area contributed by atoms with Gasteiger partial charge in [0.25, 0.3) is 6.29 Å². The van der Waals surface area contributed by atoms with Gasteiger partial charge in [0.2, 0.25) is 0 Å². The zero-order valence-corrected chi connectivity index (χ0v) is 55.1. The lowest BCUT2D eigenvalue weighted by Crippen LogP contribution is -2.40. The minimum atomic E-state index is -1.51. The predicted octanol–water partition coefficient (Wildman–Crippen LogP) is 21.7. The normalized spacial score (nSPS) is 13.1. The number of unbranched alkanes of at least 4 members (excludes halogenated alkanes) is 38. The highest BCUT2D eigenvalue weighted by Gasteiger charge is 2.25. The van der Waals surface area contributed by atoms with Gasteiger partial charge in [0.15, 0.2) is 6.10 Å². The molecule has 0 aromatic heterocycles. The molecule has 0 rings (SSSR count). The third-order valence-corrected chi connectivity index (χ3v) is 15.4. The van der Waals surface area contributed by atoms with Gasteiger partial charge in [-0.2, -0.15) is 0 Å². The van der Waals surface area contributed by atoms with Crippen molar-refractivity contribution < 1.29 is 42.9 Å². The Labute approximate surface area is 513 Å². The molecule has 0 aliphatic carbocycles. The number of ether oxygens (including phenoxy) is 4. The average Bonchev–Trinajstić information content (AvgIpc) is 3.46. The molecular weight excluding hydrogens is 1030 g/mol. The minimum absolute atomic E-state index is 0.182. The number of quaternary nitrogens is 1. The number of carbonyl (C=O) groups excluding carboxylic acids is 2. The first-order chi connectivity index (χ1) is 40.6. The van der Waals surface area contributed by atoms with E-state index in [9.17, 15) is 19.5 Å². The molecule has 0 heterocycles. The summed E-state index contributed by atoms with van der Waals surface area (Å²) in [7, 11) is 5.98. The summed E-state index contributed by atoms with van der Waals surface area (Å²) < 4.78 is 23.0. The highest BCUT2D eigenvalue weighted by atomic mass is 16.7. The number of hydrogen-bond acceptors (Lipinski definition) is 7. The van der Waals surface area contributed by atoms with Crippen molar-refractivity contribution in [1.82, 2.24) is 0 Å². The maximum absolute atomic E-state index is 12.9. The van der Waals surface area contributed by atoms with Crippen LogP contribution in [0.1, 0.15) is 322 Å². The van der Waals surface area contributed by atoms with Crippen molar-refractivity contribution >= 4 is 17.9 Å². The Kier molecular flexibility index (Phi) is 62.2. The fourth-order valence-corrected chi connectivity index (χ4v) is 10.1. The molecule has 0 aromatic carbocycles. The summed E-state index contributed by atoms with van der Waals surface area (Å²) >= 11 is 0. The molecule has 1 N–H and O–H groups in total. The van der Waals surface area contributed by atoms with Gasteiger partial charge in [0.1, 0.15) is 13.2 Å². The summed E-state index contributed by atoms with van der Waals surface area (Å²) in [6.07, 6.45) is 83.0. The predicted molar refractivity (Wildman–Crippen MR) is 355 cm³/mol. The van der Waals surface area contributed by atoms with E-state index in [0.29, 0.717) is 23.9 Å². The third kappa shape index (κ3) is 66.1. The van der Waals surface area contributed by atoms with Crippen LogP contribution < -0.4 is 0 Å². The van der Waals surface area contributed by atoms with Gasteiger partial charge in [-0.05, 0) is 83.5 Å². The minimum Gasteiger partial charge on any atom is -0.477 e. The topological polar surface area (TPSA) is 108 Å². The number of carboxylic acid groups (broad SMARTS) is 1. The summed E-state index contributed by atoms with van der Waals surface area (Å²) in [5.74, 6) is -1.99. The van der Waals surface area contributed by atoms with Gasteiger partial charge in [-0.25, -0.2) is 4.79 Å². The van der Waals surface area contributed by atoms with E-state index in [2.05, 4.69) is 86.8 Å². The molecule has 482 valence electrons. The van der Waals surface area contributed by atoms with Crippen LogP contribution in [0.15, 0.2) is 72.9 Å². The van der Waals surface area contributed by atoms with Crippen LogP contribution in [0.5, 0.6) is 0 Å². The van der Waals surface area contributed by atoms with Gasteiger partial charge in [-0.3, -0.25) is 9.59 Å². The van der Waals surface area contributed by atoms with Crippen LogP contribution in [0, 0.1) is 0 Å². The Balaban J connectivity index is 4.09. The Hall–Kier alpha value is -3.27. The van der Waals surface area contributed by atoms with Gasteiger partial charge in [-0.1, -0.05) is 299 Å². The van der Waals surface area contributed by atoms with Crippen LogP contribution in [-0.4, -0.2) is 87.4 Å². The highest BCUT2D eigenvalue weighted by molar-refractivity contribution is 5.71. The fraction of sp³-hybridized carbons (Fsp3) is 0.797. The first-order valence-electron chi connectivity index (χ1n) is 35.1. The van der Waals surface area contributed by atoms with Crippen molar-refractivity contribution in [2.45, 2.75) is 334 Å². The second kappa shape index (κ2) is 64.7. The van der Waals surface area contributed by atoms with E-state index >= 15 is 0 Å². The van der Waals surface area contributed by atoms with Gasteiger partial charge >= 0.3 is 17.9 Å². The van der Waals surface area contributed by atoms with Crippen molar-refractivity contribution in [2.24, 2.45) is 0 Å². The number of carboxylic acids is 1. The standard InChI is InChI=1S/C74H133NO8/c1-6-8-10-12-14-16-18-20-22-24-26-28-30-32-34-35-36-37-39-40-42-44-46-48-50-52-54-56-58-60-62-64-71(76)81-68-70(69-82-74(73(78)79)80-67-66-75(3,4)5)83-72(77)65-63-61-59-57-55-53-51-49-47-45-43-41-38-33-31-29-27-25-23-21-19-17-15-13-11-9-7-2/h9,11,15,17,21,23-24,26-27,29,33,38,70,74H,6-8,10,12-14,16,18-20,22,25,28,30-32,34-37,39-69H2,1-5H3/p+1/b11-9-,17-15-,23-21-,26-24-,29-27-,38-33-. The number of hydrogen-bond donors (Lipinski definition) is 1. The second-order valence-corrected chi connectivity index (χ2v) is 24.8. The number of nitrogens with zero attached hydrogens (tertiary/aromatic N) is 1. The van der Waals surface area contributed by atoms with Gasteiger partial charge in [0, 0.05) is 12.8 Å². The highest BCUT2D eigenvalue weighted by Crippen LogP contribution is 2.18. The van der Waals surface area contributed by atoms with Crippen molar-refractivity contribution in [3.63, 3.8) is 0 Å². The molecule has 0 saturated carbocycles. The average molecular weight is 1170 g/mol. The molecule has 0 amide bonds. The lowest BCUT2D eigenvalue weighted by molar-refractivity contribution is -0.870. The largest absolute Gasteiger partial charge is 0.477 e. The zero-order valence-electron chi connectivity index (χ0n) is 55.1. The number of esters is 2. The molecule has 83 heavy (non-hydrogen) atoms. The van der Waals surface area contributed by atoms with E-state index in [1.54, 1.807) is 0 Å². The molecule has 2 atom stereocenters. The first-order valence-corrected chi connectivity index (χ1v) is 35.1. The van der Waals surface area contributed by atoms with E-state index in [1.807, 2.05) is 21.1 Å². The molecule has 9 nitrogen and oxygen atoms in total. The molecule has 0 bridgehead atoms. The van der Waals surface area contributed by atoms with E-state index in [1.165, 1.54) is 218 Å². The first kappa shape index (κ1) is 79.7. The summed E-state index contributed by atoms with van der Waals surface area (Å²) in [6, 6.07) is 0. The third-order valence-electron chi connectivity index (χ3n) is 15.4. The Morgan fingerprint density at radius 3 is 1.04 bits per heavy atom. The van der Waals surface area contributed by atoms with Crippen LogP contribution in [0.3, 0.4) is 0 Å². The van der Waals surface area contributed by atoms with Crippen LogP contribution in [0.25, 0.3) is 0 Å². The molecule has 0 saturated heterocycles. The van der Waals surface area contributed by atoms with Crippen LogP contribution in [0.4, 0.5) is 0 Å². The Bertz CT molecular complexity index is 1590. The SMILES string of the molecule is CC/C=C\C/C=C\C/C=C\C/C=C\C/C=C\CCCCCCCCCCCCCC(=O)OC(COC(=O)CCCCCCCCCCCCCCCCCCCCC/C=C\CCCCCCCCCC)COC(OCC[N+](C)(C)C)C(=O)O. The van der Waals surface area contributed by atoms with E-state index in [0.717, 1.165) is 70.6 Å². The van der Waals surface area contributed by atoms with Crippen LogP contribution in [0.2, 0.25) is 0 Å². The number of allylic oxidation sites excluding steroid dienone is 12. The maximum atomic E-state index is 12.9. The van der Waals surface area contributed by atoms with Gasteiger partial charge < -0.3 is 28.5 Å². The van der Waals surface area contributed by atoms with Crippen molar-refractivity contribution in [3.05, 3.63) is 72.9 Å². The number of likely N-dealkylation sites (N-methyl/N-ethyl adjacent to an activating group) is 1. The van der Waals surface area contributed by atoms with Crippen LogP contribution in [-0.2, 0) is 33.3 Å². The quantitative estimate of drug-likeness (QED) is 0.0211. The molecule has 0 spiro atoms. The molecular formula is C74H134NO8+. The molecule has 0 aliphatic rings. The fourth-order valence-electron chi connectivity index (χ4n) is 10.1. The molecule has 9 heteroatoms. The van der Waals surface area contributed by atoms with Crippen molar-refractivity contribution in [2.75, 3.05) is 47.5 Å². The number of rotatable bonds is 65. The maximum Gasteiger partial charge on any atom is 0.361 e. The summed E-state index contributed by atoms with van der Waals surface area (Å²) in [5.41, 5.74) is 0. The molecule has 0 aromatic rings. The lowest BCUT2D eigenvalue weighted by Gasteiger charge is -2.25. The smallest absolute Gasteiger partial charge is 0.361 e. The van der Waals surface area contributed by atoms with E-state index < -0.39 is 24.3 Å².